The molecule has 8 nitrogen and oxygen atoms in total. The van der Waals surface area contributed by atoms with Gasteiger partial charge in [0.15, 0.2) is 0 Å². The normalized spacial score (nSPS) is 15.5. The van der Waals surface area contributed by atoms with Crippen molar-refractivity contribution < 1.29 is 18.6 Å². The minimum Gasteiger partial charge on any atom is -0.472 e. The van der Waals surface area contributed by atoms with Crippen molar-refractivity contribution in [3.05, 3.63) is 35.5 Å². The van der Waals surface area contributed by atoms with E-state index in [0.29, 0.717) is 43.1 Å². The molecule has 3 rings (SSSR count). The molecule has 0 atom stereocenters. The van der Waals surface area contributed by atoms with E-state index in [4.69, 9.17) is 4.42 Å². The van der Waals surface area contributed by atoms with E-state index < -0.39 is 0 Å². The number of aryl methyl sites for hydroxylation is 1. The Morgan fingerprint density at radius 3 is 2.65 bits per heavy atom. The van der Waals surface area contributed by atoms with E-state index in [0.717, 1.165) is 6.42 Å². The molecule has 1 aliphatic heterocycles. The van der Waals surface area contributed by atoms with E-state index in [1.165, 1.54) is 12.5 Å². The van der Waals surface area contributed by atoms with Gasteiger partial charge in [0.1, 0.15) is 17.7 Å². The first-order valence-corrected chi connectivity index (χ1v) is 7.52. The maximum atomic E-state index is 12.4. The first-order chi connectivity index (χ1) is 11.1. The van der Waals surface area contributed by atoms with Gasteiger partial charge in [-0.3, -0.25) is 9.59 Å². The lowest BCUT2D eigenvalue weighted by atomic mass is 10.2. The fourth-order valence-electron chi connectivity index (χ4n) is 2.60. The number of carbonyl (C=O) groups excluding carboxylic acids is 2. The zero-order chi connectivity index (χ0) is 16.2. The molecule has 2 aromatic rings. The molecule has 0 aromatic carbocycles. The number of amides is 2. The fraction of sp³-hybridized carbons (Fsp3) is 0.467. The SMILES string of the molecule is Cc1nonc1CC(=O)N1CCCN(C(=O)c2ccoc2)CC1. The molecule has 0 unspecified atom stereocenters. The summed E-state index contributed by atoms with van der Waals surface area (Å²) in [6, 6.07) is 1.65. The van der Waals surface area contributed by atoms with Gasteiger partial charge < -0.3 is 14.2 Å². The molecule has 0 aliphatic carbocycles. The van der Waals surface area contributed by atoms with Crippen LogP contribution in [0.5, 0.6) is 0 Å². The molecule has 0 bridgehead atoms. The average molecular weight is 318 g/mol. The second-order valence-electron chi connectivity index (χ2n) is 5.51. The van der Waals surface area contributed by atoms with E-state index in [9.17, 15) is 9.59 Å². The lowest BCUT2D eigenvalue weighted by Crippen LogP contribution is -2.38. The van der Waals surface area contributed by atoms with Gasteiger partial charge in [0.05, 0.1) is 18.2 Å². The summed E-state index contributed by atoms with van der Waals surface area (Å²) in [6.45, 7) is 4.02. The van der Waals surface area contributed by atoms with Crippen LogP contribution in [0.2, 0.25) is 0 Å². The Balaban J connectivity index is 1.59. The number of nitrogens with zero attached hydrogens (tertiary/aromatic N) is 4. The smallest absolute Gasteiger partial charge is 0.257 e. The van der Waals surface area contributed by atoms with Gasteiger partial charge in [-0.1, -0.05) is 10.3 Å². The molecule has 1 saturated heterocycles. The molecule has 3 heterocycles. The summed E-state index contributed by atoms with van der Waals surface area (Å²) in [7, 11) is 0. The van der Waals surface area contributed by atoms with E-state index in [-0.39, 0.29) is 18.2 Å². The highest BCUT2D eigenvalue weighted by molar-refractivity contribution is 5.93. The number of rotatable bonds is 3. The second kappa shape index (κ2) is 6.64. The van der Waals surface area contributed by atoms with Crippen LogP contribution in [0, 0.1) is 6.92 Å². The van der Waals surface area contributed by atoms with E-state index in [1.807, 2.05) is 0 Å². The van der Waals surface area contributed by atoms with Gasteiger partial charge in [0.25, 0.3) is 5.91 Å². The molecule has 0 radical (unpaired) electrons. The predicted octanol–water partition coefficient (Wildman–Crippen LogP) is 0.888. The van der Waals surface area contributed by atoms with Crippen LogP contribution in [0.4, 0.5) is 0 Å². The summed E-state index contributed by atoms with van der Waals surface area (Å²) in [5.41, 5.74) is 1.73. The molecule has 2 amide bonds. The molecule has 2 aromatic heterocycles. The number of aromatic nitrogens is 2. The Labute approximate surface area is 133 Å². The van der Waals surface area contributed by atoms with Crippen LogP contribution in [0.3, 0.4) is 0 Å². The molecule has 1 fully saturated rings. The van der Waals surface area contributed by atoms with Gasteiger partial charge in [-0.2, -0.15) is 0 Å². The lowest BCUT2D eigenvalue weighted by molar-refractivity contribution is -0.130. The quantitative estimate of drug-likeness (QED) is 0.834. The van der Waals surface area contributed by atoms with E-state index in [1.54, 1.807) is 22.8 Å². The van der Waals surface area contributed by atoms with Crippen molar-refractivity contribution >= 4 is 11.8 Å². The molecule has 0 saturated carbocycles. The average Bonchev–Trinajstić information content (AvgIpc) is 3.14. The molecule has 23 heavy (non-hydrogen) atoms. The minimum absolute atomic E-state index is 0.0265. The summed E-state index contributed by atoms with van der Waals surface area (Å²) in [4.78, 5) is 28.2. The third-order valence-corrected chi connectivity index (χ3v) is 3.97. The summed E-state index contributed by atoms with van der Waals surface area (Å²) < 4.78 is 9.57. The summed E-state index contributed by atoms with van der Waals surface area (Å²) in [5.74, 6) is -0.0917. The van der Waals surface area contributed by atoms with Crippen molar-refractivity contribution in [2.24, 2.45) is 0 Å². The molecule has 1 aliphatic rings. The maximum Gasteiger partial charge on any atom is 0.257 e. The van der Waals surface area contributed by atoms with Gasteiger partial charge in [0, 0.05) is 26.2 Å². The summed E-state index contributed by atoms with van der Waals surface area (Å²) in [5, 5.41) is 7.42. The van der Waals surface area contributed by atoms with Crippen LogP contribution in [0.15, 0.2) is 27.6 Å². The Kier molecular flexibility index (Phi) is 4.40. The molecule has 0 N–H and O–H groups in total. The third kappa shape index (κ3) is 3.41. The summed E-state index contributed by atoms with van der Waals surface area (Å²) >= 11 is 0. The van der Waals surface area contributed by atoms with Crippen molar-refractivity contribution in [3.63, 3.8) is 0 Å². The Morgan fingerprint density at radius 2 is 1.96 bits per heavy atom. The Bertz CT molecular complexity index is 679. The highest BCUT2D eigenvalue weighted by atomic mass is 16.6. The van der Waals surface area contributed by atoms with Crippen LogP contribution < -0.4 is 0 Å². The van der Waals surface area contributed by atoms with Gasteiger partial charge in [0.2, 0.25) is 5.91 Å². The lowest BCUT2D eigenvalue weighted by Gasteiger charge is -2.21. The van der Waals surface area contributed by atoms with Gasteiger partial charge in [-0.15, -0.1) is 0 Å². The second-order valence-corrected chi connectivity index (χ2v) is 5.51. The van der Waals surface area contributed by atoms with Crippen LogP contribution in [0.1, 0.15) is 28.2 Å². The monoisotopic (exact) mass is 318 g/mol. The zero-order valence-corrected chi connectivity index (χ0v) is 12.9. The van der Waals surface area contributed by atoms with Crippen molar-refractivity contribution in [3.8, 4) is 0 Å². The molecule has 0 spiro atoms. The van der Waals surface area contributed by atoms with Gasteiger partial charge in [-0.25, -0.2) is 4.63 Å². The number of hydrogen-bond donors (Lipinski definition) is 0. The van der Waals surface area contributed by atoms with E-state index in [2.05, 4.69) is 14.9 Å². The molecular formula is C15H18N4O4. The van der Waals surface area contributed by atoms with Gasteiger partial charge in [-0.05, 0) is 19.4 Å². The fourth-order valence-corrected chi connectivity index (χ4v) is 2.60. The Hall–Kier alpha value is -2.64. The van der Waals surface area contributed by atoms with E-state index >= 15 is 0 Å². The number of furan rings is 1. The topological polar surface area (TPSA) is 92.7 Å². The Morgan fingerprint density at radius 1 is 1.17 bits per heavy atom. The predicted molar refractivity (Wildman–Crippen MR) is 78.5 cm³/mol. The van der Waals surface area contributed by atoms with Crippen molar-refractivity contribution in [2.75, 3.05) is 26.2 Å². The first kappa shape index (κ1) is 15.3. The molecular weight excluding hydrogens is 300 g/mol. The highest BCUT2D eigenvalue weighted by Crippen LogP contribution is 2.11. The number of carbonyl (C=O) groups is 2. The van der Waals surface area contributed by atoms with Crippen molar-refractivity contribution in [1.82, 2.24) is 20.1 Å². The van der Waals surface area contributed by atoms with Crippen LogP contribution >= 0.6 is 0 Å². The molecule has 122 valence electrons. The summed E-state index contributed by atoms with van der Waals surface area (Å²) in [6.07, 6.45) is 3.84. The van der Waals surface area contributed by atoms with Crippen LogP contribution in [0.25, 0.3) is 0 Å². The zero-order valence-electron chi connectivity index (χ0n) is 12.9. The standard InChI is InChI=1S/C15H18N4O4/c1-11-13(17-23-16-11)9-14(20)18-4-2-5-19(7-6-18)15(21)12-3-8-22-10-12/h3,8,10H,2,4-7,9H2,1H3. The minimum atomic E-state index is -0.0652. The highest BCUT2D eigenvalue weighted by Gasteiger charge is 2.24. The van der Waals surface area contributed by atoms with Crippen molar-refractivity contribution in [1.29, 1.82) is 0 Å². The van der Waals surface area contributed by atoms with Crippen LogP contribution in [-0.4, -0.2) is 58.1 Å². The molecule has 8 heteroatoms. The number of hydrogen-bond acceptors (Lipinski definition) is 6. The largest absolute Gasteiger partial charge is 0.472 e. The van der Waals surface area contributed by atoms with Crippen molar-refractivity contribution in [2.45, 2.75) is 19.8 Å². The maximum absolute atomic E-state index is 12.4. The van der Waals surface area contributed by atoms with Gasteiger partial charge >= 0.3 is 0 Å². The third-order valence-electron chi connectivity index (χ3n) is 3.97. The van der Waals surface area contributed by atoms with Crippen LogP contribution in [-0.2, 0) is 11.2 Å². The first-order valence-electron chi connectivity index (χ1n) is 7.52.